The van der Waals surface area contributed by atoms with E-state index in [0.29, 0.717) is 17.4 Å². The van der Waals surface area contributed by atoms with Gasteiger partial charge in [-0.25, -0.2) is 4.57 Å². The Bertz CT molecular complexity index is 1040. The maximum atomic E-state index is 12.7. The summed E-state index contributed by atoms with van der Waals surface area (Å²) in [6.07, 6.45) is 45.1. The summed E-state index contributed by atoms with van der Waals surface area (Å²) in [6.45, 7) is 4.43. The molecule has 0 spiro atoms. The molecule has 0 amide bonds. The van der Waals surface area contributed by atoms with E-state index in [1.165, 1.54) is 116 Å². The van der Waals surface area contributed by atoms with E-state index in [4.69, 9.17) is 18.5 Å². The number of carbonyl (C=O) groups is 2. The molecule has 0 aromatic rings. The zero-order chi connectivity index (χ0) is 42.8. The van der Waals surface area contributed by atoms with Crippen LogP contribution in [0.1, 0.15) is 219 Å². The summed E-state index contributed by atoms with van der Waals surface area (Å²) in [5.74, 6) is -0.811. The molecule has 1 unspecified atom stereocenters. The molecule has 0 aliphatic rings. The van der Waals surface area contributed by atoms with Crippen LogP contribution in [0, 0.1) is 0 Å². The molecule has 0 radical (unpaired) electrons. The number of quaternary nitrogens is 1. The van der Waals surface area contributed by atoms with Crippen LogP contribution in [0.4, 0.5) is 0 Å². The molecule has 58 heavy (non-hydrogen) atoms. The number of hydrogen-bond donors (Lipinski definition) is 1. The first-order valence-corrected chi connectivity index (χ1v) is 25.6. The fourth-order valence-corrected chi connectivity index (χ4v) is 7.39. The second-order valence-corrected chi connectivity index (χ2v) is 18.9. The van der Waals surface area contributed by atoms with Crippen LogP contribution in [0.25, 0.3) is 0 Å². The highest BCUT2D eigenvalue weighted by Crippen LogP contribution is 2.43. The Kier molecular flexibility index (Phi) is 39.8. The number of rotatable bonds is 44. The van der Waals surface area contributed by atoms with E-state index in [2.05, 4.69) is 38.2 Å². The van der Waals surface area contributed by atoms with Gasteiger partial charge < -0.3 is 18.9 Å². The molecule has 0 aromatic carbocycles. The third kappa shape index (κ3) is 44.1. The van der Waals surface area contributed by atoms with E-state index in [9.17, 15) is 19.0 Å². The summed E-state index contributed by atoms with van der Waals surface area (Å²) in [5, 5.41) is 0. The zero-order valence-corrected chi connectivity index (χ0v) is 39.4. The molecule has 0 aliphatic carbocycles. The highest BCUT2D eigenvalue weighted by molar-refractivity contribution is 7.47. The van der Waals surface area contributed by atoms with Gasteiger partial charge in [-0.1, -0.05) is 167 Å². The summed E-state index contributed by atoms with van der Waals surface area (Å²) in [6, 6.07) is 0. The fraction of sp³-hybridized carbons (Fsp3) is 0.875. The molecular weight excluding hydrogens is 750 g/mol. The lowest BCUT2D eigenvalue weighted by Gasteiger charge is -2.24. The van der Waals surface area contributed by atoms with Crippen molar-refractivity contribution in [2.75, 3.05) is 47.5 Å². The van der Waals surface area contributed by atoms with Gasteiger partial charge in [0.2, 0.25) is 0 Å². The summed E-state index contributed by atoms with van der Waals surface area (Å²) < 4.78 is 34.4. The van der Waals surface area contributed by atoms with Crippen LogP contribution in [0.15, 0.2) is 24.3 Å². The van der Waals surface area contributed by atoms with Crippen molar-refractivity contribution in [3.63, 3.8) is 0 Å². The van der Waals surface area contributed by atoms with Crippen LogP contribution < -0.4 is 0 Å². The molecule has 1 N–H and O–H groups in total. The van der Waals surface area contributed by atoms with E-state index in [1.807, 2.05) is 21.1 Å². The zero-order valence-electron chi connectivity index (χ0n) is 38.5. The molecule has 2 atom stereocenters. The normalized spacial score (nSPS) is 13.7. The molecule has 0 aromatic heterocycles. The average Bonchev–Trinajstić information content (AvgIpc) is 3.17. The number of allylic oxidation sites excluding steroid dienone is 4. The van der Waals surface area contributed by atoms with Crippen molar-refractivity contribution in [1.82, 2.24) is 0 Å². The maximum absolute atomic E-state index is 12.7. The highest BCUT2D eigenvalue weighted by atomic mass is 31.2. The van der Waals surface area contributed by atoms with E-state index in [0.717, 1.165) is 70.6 Å². The summed E-state index contributed by atoms with van der Waals surface area (Å²) in [4.78, 5) is 35.4. The molecule has 342 valence electrons. The van der Waals surface area contributed by atoms with Crippen molar-refractivity contribution in [3.05, 3.63) is 24.3 Å². The lowest BCUT2D eigenvalue weighted by Crippen LogP contribution is -2.37. The van der Waals surface area contributed by atoms with Crippen LogP contribution in [0.5, 0.6) is 0 Å². The Morgan fingerprint density at radius 3 is 1.28 bits per heavy atom. The Morgan fingerprint density at radius 1 is 0.517 bits per heavy atom. The summed E-state index contributed by atoms with van der Waals surface area (Å²) >= 11 is 0. The van der Waals surface area contributed by atoms with Gasteiger partial charge in [-0.3, -0.25) is 18.6 Å². The third-order valence-corrected chi connectivity index (χ3v) is 11.4. The minimum atomic E-state index is -4.38. The lowest BCUT2D eigenvalue weighted by atomic mass is 10.1. The number of unbranched alkanes of at least 4 members (excludes halogenated alkanes) is 26. The van der Waals surface area contributed by atoms with Crippen LogP contribution in [0.3, 0.4) is 0 Å². The molecule has 9 nitrogen and oxygen atoms in total. The number of nitrogens with zero attached hydrogens (tertiary/aromatic N) is 1. The Morgan fingerprint density at radius 2 is 0.879 bits per heavy atom. The number of phosphoric ester groups is 1. The van der Waals surface area contributed by atoms with E-state index in [-0.39, 0.29) is 32.0 Å². The van der Waals surface area contributed by atoms with Gasteiger partial charge in [0.15, 0.2) is 6.10 Å². The second kappa shape index (κ2) is 40.9. The Labute approximate surface area is 358 Å². The lowest BCUT2D eigenvalue weighted by molar-refractivity contribution is -0.870. The van der Waals surface area contributed by atoms with Crippen molar-refractivity contribution in [2.45, 2.75) is 225 Å². The van der Waals surface area contributed by atoms with Crippen molar-refractivity contribution in [1.29, 1.82) is 0 Å². The SMILES string of the molecule is CCCCCCCCCC/C=C\CCCCCCCC(=O)OC[C@H](COP(=O)(O)OCC[N+](C)(C)C)OC(=O)CCCCCCC/C=C\CCCCCCCCCC. The number of esters is 2. The predicted molar refractivity (Wildman–Crippen MR) is 243 cm³/mol. The Balaban J connectivity index is 4.32. The van der Waals surface area contributed by atoms with Crippen LogP contribution in [-0.2, 0) is 32.7 Å². The molecule has 0 fully saturated rings. The summed E-state index contributed by atoms with van der Waals surface area (Å²) in [7, 11) is 1.47. The average molecular weight is 843 g/mol. The number of carbonyl (C=O) groups excluding carboxylic acids is 2. The van der Waals surface area contributed by atoms with Crippen molar-refractivity contribution >= 4 is 19.8 Å². The number of ether oxygens (including phenoxy) is 2. The van der Waals surface area contributed by atoms with Gasteiger partial charge in [0.25, 0.3) is 0 Å². The van der Waals surface area contributed by atoms with Gasteiger partial charge in [-0.15, -0.1) is 0 Å². The van der Waals surface area contributed by atoms with E-state index >= 15 is 0 Å². The molecule has 10 heteroatoms. The molecule has 0 heterocycles. The van der Waals surface area contributed by atoms with E-state index in [1.54, 1.807) is 0 Å². The number of hydrogen-bond acceptors (Lipinski definition) is 7. The first kappa shape index (κ1) is 56.5. The van der Waals surface area contributed by atoms with Gasteiger partial charge in [0.05, 0.1) is 27.7 Å². The number of phosphoric acid groups is 1. The molecule has 0 bridgehead atoms. The maximum Gasteiger partial charge on any atom is 0.472 e. The van der Waals surface area contributed by atoms with Crippen LogP contribution in [-0.4, -0.2) is 74.9 Å². The van der Waals surface area contributed by atoms with Gasteiger partial charge >= 0.3 is 19.8 Å². The third-order valence-electron chi connectivity index (χ3n) is 10.5. The minimum Gasteiger partial charge on any atom is -0.462 e. The van der Waals surface area contributed by atoms with Crippen molar-refractivity contribution < 1.29 is 42.1 Å². The molecule has 0 rings (SSSR count). The minimum absolute atomic E-state index is 0.0301. The van der Waals surface area contributed by atoms with E-state index < -0.39 is 26.5 Å². The van der Waals surface area contributed by atoms with Gasteiger partial charge in [0.1, 0.15) is 19.8 Å². The van der Waals surface area contributed by atoms with Crippen molar-refractivity contribution in [2.24, 2.45) is 0 Å². The number of likely N-dealkylation sites (N-methyl/N-ethyl adjacent to an activating group) is 1. The highest BCUT2D eigenvalue weighted by Gasteiger charge is 2.27. The first-order valence-electron chi connectivity index (χ1n) is 24.1. The largest absolute Gasteiger partial charge is 0.472 e. The predicted octanol–water partition coefficient (Wildman–Crippen LogP) is 13.9. The van der Waals surface area contributed by atoms with Gasteiger partial charge in [-0.05, 0) is 64.2 Å². The van der Waals surface area contributed by atoms with Gasteiger partial charge in [0, 0.05) is 12.8 Å². The van der Waals surface area contributed by atoms with Crippen LogP contribution >= 0.6 is 7.82 Å². The fourth-order valence-electron chi connectivity index (χ4n) is 6.65. The molecule has 0 saturated heterocycles. The monoisotopic (exact) mass is 843 g/mol. The van der Waals surface area contributed by atoms with Gasteiger partial charge in [-0.2, -0.15) is 0 Å². The summed E-state index contributed by atoms with van der Waals surface area (Å²) in [5.41, 5.74) is 0. The Hall–Kier alpha value is -1.51. The van der Waals surface area contributed by atoms with Crippen LogP contribution in [0.2, 0.25) is 0 Å². The topological polar surface area (TPSA) is 108 Å². The second-order valence-electron chi connectivity index (χ2n) is 17.5. The first-order chi connectivity index (χ1) is 28.0. The molecule has 0 aliphatic heterocycles. The molecular formula is C48H93NO8P+. The smallest absolute Gasteiger partial charge is 0.462 e. The quantitative estimate of drug-likeness (QED) is 0.0212. The standard InChI is InChI=1S/C48H92NO8P/c1-6-8-10-12-14-16-18-20-22-24-26-28-30-32-34-36-38-40-47(50)54-44-46(45-56-58(52,53)55-43-42-49(3,4)5)57-48(51)41-39-37-35-33-31-29-27-25-23-21-19-17-15-13-11-9-7-2/h24-27,46H,6-23,28-45H2,1-5H3/p+1/b26-24-,27-25-/t46-/m1/s1. The van der Waals surface area contributed by atoms with Crippen molar-refractivity contribution in [3.8, 4) is 0 Å². The molecule has 0 saturated carbocycles.